The number of ketones is 1. The number of aromatic nitrogens is 1. The fraction of sp³-hybridized carbons (Fsp3) is 0.462. The van der Waals surface area contributed by atoms with E-state index in [2.05, 4.69) is 10.3 Å². The average molecular weight is 285 g/mol. The van der Waals surface area contributed by atoms with Gasteiger partial charge in [0.2, 0.25) is 0 Å². The van der Waals surface area contributed by atoms with Crippen LogP contribution in [0.15, 0.2) is 12.3 Å². The Bertz CT molecular complexity index is 495. The SMILES string of the molecule is CC(=O)c1cc(Cl)cnc1CNC(=O)OC(C)(C)C. The first kappa shape index (κ1) is 15.4. The molecule has 0 saturated carbocycles. The second-order valence-corrected chi connectivity index (χ2v) is 5.50. The number of ether oxygens (including phenoxy) is 1. The lowest BCUT2D eigenvalue weighted by Crippen LogP contribution is -2.32. The fourth-order valence-corrected chi connectivity index (χ4v) is 1.54. The summed E-state index contributed by atoms with van der Waals surface area (Å²) in [6.07, 6.45) is 0.874. The molecule has 1 aromatic rings. The van der Waals surface area contributed by atoms with Crippen molar-refractivity contribution in [3.63, 3.8) is 0 Å². The number of pyridine rings is 1. The summed E-state index contributed by atoms with van der Waals surface area (Å²) in [6, 6.07) is 1.53. The summed E-state index contributed by atoms with van der Waals surface area (Å²) in [5, 5.41) is 2.93. The average Bonchev–Trinajstić information content (AvgIpc) is 2.24. The summed E-state index contributed by atoms with van der Waals surface area (Å²) in [5.74, 6) is -0.156. The van der Waals surface area contributed by atoms with Crippen LogP contribution >= 0.6 is 11.6 Å². The monoisotopic (exact) mass is 284 g/mol. The quantitative estimate of drug-likeness (QED) is 0.867. The van der Waals surface area contributed by atoms with Crippen LogP contribution < -0.4 is 5.32 Å². The number of nitrogens with zero attached hydrogens (tertiary/aromatic N) is 1. The first-order chi connectivity index (χ1) is 8.69. The minimum absolute atomic E-state index is 0.112. The number of nitrogens with one attached hydrogen (secondary N) is 1. The van der Waals surface area contributed by atoms with Crippen molar-refractivity contribution < 1.29 is 14.3 Å². The lowest BCUT2D eigenvalue weighted by molar-refractivity contribution is 0.0522. The standard InChI is InChI=1S/C13H17ClN2O3/c1-8(17)10-5-9(14)6-15-11(10)7-16-12(18)19-13(2,3)4/h5-6H,7H2,1-4H3,(H,16,18). The van der Waals surface area contributed by atoms with Gasteiger partial charge in [-0.1, -0.05) is 11.6 Å². The third-order valence-electron chi connectivity index (χ3n) is 2.12. The summed E-state index contributed by atoms with van der Waals surface area (Å²) >= 11 is 5.78. The highest BCUT2D eigenvalue weighted by molar-refractivity contribution is 6.30. The number of carbonyl (C=O) groups is 2. The number of Topliss-reactive ketones (excluding diaryl/α,β-unsaturated/α-hetero) is 1. The van der Waals surface area contributed by atoms with E-state index >= 15 is 0 Å². The molecule has 1 heterocycles. The van der Waals surface area contributed by atoms with Gasteiger partial charge in [0.25, 0.3) is 0 Å². The molecule has 0 atom stereocenters. The second kappa shape index (κ2) is 6.02. The molecule has 0 bridgehead atoms. The third-order valence-corrected chi connectivity index (χ3v) is 2.32. The Morgan fingerprint density at radius 3 is 2.58 bits per heavy atom. The molecule has 0 aliphatic heterocycles. The number of halogens is 1. The van der Waals surface area contributed by atoms with E-state index in [1.54, 1.807) is 20.8 Å². The van der Waals surface area contributed by atoms with Gasteiger partial charge in [-0.3, -0.25) is 9.78 Å². The Balaban J connectivity index is 2.73. The molecule has 104 valence electrons. The number of hydrogen-bond acceptors (Lipinski definition) is 4. The molecule has 0 spiro atoms. The Hall–Kier alpha value is -1.62. The van der Waals surface area contributed by atoms with Crippen LogP contribution in [0.3, 0.4) is 0 Å². The zero-order valence-electron chi connectivity index (χ0n) is 11.4. The van der Waals surface area contributed by atoms with Gasteiger partial charge in [0.1, 0.15) is 5.60 Å². The molecule has 0 saturated heterocycles. The van der Waals surface area contributed by atoms with Gasteiger partial charge in [0.05, 0.1) is 17.3 Å². The van der Waals surface area contributed by atoms with Gasteiger partial charge >= 0.3 is 6.09 Å². The van der Waals surface area contributed by atoms with E-state index in [1.807, 2.05) is 0 Å². The van der Waals surface area contributed by atoms with Gasteiger partial charge in [-0.25, -0.2) is 4.79 Å². The molecule has 0 aliphatic rings. The van der Waals surface area contributed by atoms with Crippen LogP contribution in [0.5, 0.6) is 0 Å². The van der Waals surface area contributed by atoms with Gasteiger partial charge < -0.3 is 10.1 Å². The summed E-state index contributed by atoms with van der Waals surface area (Å²) in [7, 11) is 0. The number of carbonyl (C=O) groups excluding carboxylic acids is 2. The van der Waals surface area contributed by atoms with E-state index in [0.29, 0.717) is 16.3 Å². The van der Waals surface area contributed by atoms with Gasteiger partial charge in [-0.2, -0.15) is 0 Å². The van der Waals surface area contributed by atoms with Crippen molar-refractivity contribution in [1.29, 1.82) is 0 Å². The highest BCUT2D eigenvalue weighted by Gasteiger charge is 2.17. The molecule has 0 unspecified atom stereocenters. The number of amides is 1. The number of alkyl carbamates (subject to hydrolysis) is 1. The van der Waals surface area contributed by atoms with E-state index in [9.17, 15) is 9.59 Å². The zero-order chi connectivity index (χ0) is 14.6. The highest BCUT2D eigenvalue weighted by Crippen LogP contribution is 2.14. The molecule has 6 heteroatoms. The normalized spacial score (nSPS) is 11.0. The Morgan fingerprint density at radius 1 is 1.42 bits per heavy atom. The zero-order valence-corrected chi connectivity index (χ0v) is 12.2. The van der Waals surface area contributed by atoms with Crippen molar-refractivity contribution in [2.24, 2.45) is 0 Å². The van der Waals surface area contributed by atoms with Gasteiger partial charge in [0.15, 0.2) is 5.78 Å². The van der Waals surface area contributed by atoms with Gasteiger partial charge in [0, 0.05) is 11.8 Å². The Morgan fingerprint density at radius 2 is 2.05 bits per heavy atom. The maximum atomic E-state index is 11.5. The predicted molar refractivity (Wildman–Crippen MR) is 72.3 cm³/mol. The van der Waals surface area contributed by atoms with Gasteiger partial charge in [-0.05, 0) is 33.8 Å². The molecule has 1 rings (SSSR count). The minimum atomic E-state index is -0.569. The molecule has 1 N–H and O–H groups in total. The molecule has 1 amide bonds. The highest BCUT2D eigenvalue weighted by atomic mass is 35.5. The molecule has 19 heavy (non-hydrogen) atoms. The second-order valence-electron chi connectivity index (χ2n) is 5.06. The third kappa shape index (κ3) is 5.26. The predicted octanol–water partition coefficient (Wildman–Crippen LogP) is 2.96. The molecule has 0 aromatic carbocycles. The largest absolute Gasteiger partial charge is 0.444 e. The first-order valence-corrected chi connectivity index (χ1v) is 6.19. The smallest absolute Gasteiger partial charge is 0.407 e. The van der Waals surface area contributed by atoms with E-state index < -0.39 is 11.7 Å². The van der Waals surface area contributed by atoms with Crippen LogP contribution in [-0.4, -0.2) is 22.5 Å². The van der Waals surface area contributed by atoms with E-state index in [0.717, 1.165) is 0 Å². The number of hydrogen-bond donors (Lipinski definition) is 1. The first-order valence-electron chi connectivity index (χ1n) is 5.81. The minimum Gasteiger partial charge on any atom is -0.444 e. The summed E-state index contributed by atoms with van der Waals surface area (Å²) < 4.78 is 5.09. The molecule has 1 aromatic heterocycles. The van der Waals surface area contributed by atoms with Crippen molar-refractivity contribution in [2.45, 2.75) is 39.8 Å². The van der Waals surface area contributed by atoms with Crippen LogP contribution in [-0.2, 0) is 11.3 Å². The topological polar surface area (TPSA) is 68.3 Å². The van der Waals surface area contributed by atoms with Crippen molar-refractivity contribution in [1.82, 2.24) is 10.3 Å². The molecule has 0 fully saturated rings. The molecular weight excluding hydrogens is 268 g/mol. The van der Waals surface area contributed by atoms with Crippen LogP contribution in [0, 0.1) is 0 Å². The lowest BCUT2D eigenvalue weighted by atomic mass is 10.1. The van der Waals surface area contributed by atoms with Crippen molar-refractivity contribution >= 4 is 23.5 Å². The molecular formula is C13H17ClN2O3. The summed E-state index contributed by atoms with van der Waals surface area (Å²) in [6.45, 7) is 6.85. The van der Waals surface area contributed by atoms with E-state index in [1.165, 1.54) is 19.2 Å². The van der Waals surface area contributed by atoms with Crippen molar-refractivity contribution in [2.75, 3.05) is 0 Å². The molecule has 5 nitrogen and oxygen atoms in total. The maximum Gasteiger partial charge on any atom is 0.407 e. The number of rotatable bonds is 3. The Kier molecular flexibility index (Phi) is 4.89. The summed E-state index contributed by atoms with van der Waals surface area (Å²) in [4.78, 5) is 27.0. The van der Waals surface area contributed by atoms with Gasteiger partial charge in [-0.15, -0.1) is 0 Å². The van der Waals surface area contributed by atoms with E-state index in [4.69, 9.17) is 16.3 Å². The summed E-state index contributed by atoms with van der Waals surface area (Å²) in [5.41, 5.74) is 0.285. The lowest BCUT2D eigenvalue weighted by Gasteiger charge is -2.19. The van der Waals surface area contributed by atoms with Crippen LogP contribution in [0.4, 0.5) is 4.79 Å². The maximum absolute atomic E-state index is 11.5. The van der Waals surface area contributed by atoms with E-state index in [-0.39, 0.29) is 12.3 Å². The molecule has 0 aliphatic carbocycles. The van der Waals surface area contributed by atoms with Crippen molar-refractivity contribution in [3.05, 3.63) is 28.5 Å². The Labute approximate surface area is 117 Å². The van der Waals surface area contributed by atoms with Crippen LogP contribution in [0.1, 0.15) is 43.7 Å². The van der Waals surface area contributed by atoms with Crippen LogP contribution in [0.2, 0.25) is 5.02 Å². The van der Waals surface area contributed by atoms with Crippen LogP contribution in [0.25, 0.3) is 0 Å². The molecule has 0 radical (unpaired) electrons. The van der Waals surface area contributed by atoms with Crippen molar-refractivity contribution in [3.8, 4) is 0 Å². The fourth-order valence-electron chi connectivity index (χ4n) is 1.38.